The van der Waals surface area contributed by atoms with Crippen LogP contribution in [-0.4, -0.2) is 30.5 Å². The van der Waals surface area contributed by atoms with Crippen LogP contribution in [0.1, 0.15) is 12.0 Å². The third-order valence-electron chi connectivity index (χ3n) is 3.47. The second-order valence-electron chi connectivity index (χ2n) is 5.07. The second kappa shape index (κ2) is 5.69. The van der Waals surface area contributed by atoms with Crippen LogP contribution in [0.4, 0.5) is 13.2 Å². The minimum absolute atomic E-state index is 0.130. The molecule has 108 valence electrons. The Balaban J connectivity index is 2.23. The van der Waals surface area contributed by atoms with Crippen molar-refractivity contribution in [1.29, 1.82) is 0 Å². The Bertz CT molecular complexity index is 508. The summed E-state index contributed by atoms with van der Waals surface area (Å²) >= 11 is 0. The molecule has 1 unspecified atom stereocenters. The van der Waals surface area contributed by atoms with Crippen molar-refractivity contribution in [3.05, 3.63) is 47.7 Å². The van der Waals surface area contributed by atoms with Crippen molar-refractivity contribution in [2.75, 3.05) is 13.6 Å². The predicted octanol–water partition coefficient (Wildman–Crippen LogP) is 3.20. The fourth-order valence-electron chi connectivity index (χ4n) is 2.44. The predicted molar refractivity (Wildman–Crippen MR) is 70.0 cm³/mol. The van der Waals surface area contributed by atoms with Crippen molar-refractivity contribution in [2.24, 2.45) is 5.92 Å². The Morgan fingerprint density at radius 3 is 2.55 bits per heavy atom. The molecule has 1 aromatic rings. The molecule has 2 rings (SSSR count). The van der Waals surface area contributed by atoms with Gasteiger partial charge in [0.05, 0.1) is 0 Å². The van der Waals surface area contributed by atoms with Crippen molar-refractivity contribution in [1.82, 2.24) is 4.90 Å². The van der Waals surface area contributed by atoms with E-state index >= 15 is 0 Å². The number of ketones is 1. The maximum Gasteiger partial charge on any atom is 0.454 e. The van der Waals surface area contributed by atoms with E-state index in [1.807, 2.05) is 30.3 Å². The largest absolute Gasteiger partial charge is 0.454 e. The van der Waals surface area contributed by atoms with Gasteiger partial charge in [-0.15, -0.1) is 0 Å². The Kier molecular flexibility index (Phi) is 4.16. The van der Waals surface area contributed by atoms with E-state index in [-0.39, 0.29) is 11.5 Å². The lowest BCUT2D eigenvalue weighted by Crippen LogP contribution is -2.34. The Morgan fingerprint density at radius 2 is 1.95 bits per heavy atom. The van der Waals surface area contributed by atoms with Gasteiger partial charge < -0.3 is 4.90 Å². The molecule has 0 N–H and O–H groups in total. The van der Waals surface area contributed by atoms with E-state index in [4.69, 9.17) is 0 Å². The molecule has 0 radical (unpaired) electrons. The summed E-state index contributed by atoms with van der Waals surface area (Å²) in [4.78, 5) is 13.2. The fourth-order valence-corrected chi connectivity index (χ4v) is 2.44. The Labute approximate surface area is 115 Å². The third kappa shape index (κ3) is 3.40. The molecule has 5 heteroatoms. The van der Waals surface area contributed by atoms with Crippen molar-refractivity contribution < 1.29 is 18.0 Å². The lowest BCUT2D eigenvalue weighted by atomic mass is 9.85. The van der Waals surface area contributed by atoms with Gasteiger partial charge in [-0.05, 0) is 24.3 Å². The van der Waals surface area contributed by atoms with Crippen LogP contribution in [0.3, 0.4) is 0 Å². The molecule has 0 aliphatic carbocycles. The molecular formula is C15H16F3NO. The maximum atomic E-state index is 12.7. The van der Waals surface area contributed by atoms with Gasteiger partial charge in [-0.1, -0.05) is 30.3 Å². The van der Waals surface area contributed by atoms with Crippen LogP contribution in [0.5, 0.6) is 0 Å². The number of nitrogens with zero attached hydrogens (tertiary/aromatic N) is 1. The highest BCUT2D eigenvalue weighted by atomic mass is 19.4. The average molecular weight is 283 g/mol. The summed E-state index contributed by atoms with van der Waals surface area (Å²) in [5.41, 5.74) is 0.818. The first-order valence-corrected chi connectivity index (χ1v) is 6.45. The van der Waals surface area contributed by atoms with Crippen molar-refractivity contribution in [2.45, 2.75) is 19.0 Å². The lowest BCUT2D eigenvalue weighted by molar-refractivity contribution is -0.167. The van der Waals surface area contributed by atoms with Crippen LogP contribution in [0, 0.1) is 5.92 Å². The van der Waals surface area contributed by atoms with Gasteiger partial charge in [0.15, 0.2) is 0 Å². The zero-order chi connectivity index (χ0) is 14.8. The molecule has 0 aromatic heterocycles. The molecule has 2 nitrogen and oxygen atoms in total. The molecule has 0 spiro atoms. The quantitative estimate of drug-likeness (QED) is 0.849. The first-order chi connectivity index (χ1) is 9.38. The van der Waals surface area contributed by atoms with Crippen molar-refractivity contribution >= 4 is 5.78 Å². The topological polar surface area (TPSA) is 20.3 Å². The number of carbonyl (C=O) groups excluding carboxylic acids is 1. The summed E-state index contributed by atoms with van der Waals surface area (Å²) in [5, 5.41) is 0. The number of halogens is 3. The van der Waals surface area contributed by atoms with E-state index in [0.29, 0.717) is 19.4 Å². The highest BCUT2D eigenvalue weighted by molar-refractivity contribution is 6.00. The molecule has 0 bridgehead atoms. The van der Waals surface area contributed by atoms with Gasteiger partial charge in [0, 0.05) is 25.4 Å². The summed E-state index contributed by atoms with van der Waals surface area (Å²) in [6.07, 6.45) is -2.45. The standard InChI is InChI=1S/C15H16F3NO/c1-19-8-7-12(9-11-5-3-2-4-6-11)13(10-19)14(20)15(16,17)18/h2-6,10,12H,7-9H2,1H3. The number of hydrogen-bond donors (Lipinski definition) is 0. The summed E-state index contributed by atoms with van der Waals surface area (Å²) in [7, 11) is 1.68. The van der Waals surface area contributed by atoms with Crippen molar-refractivity contribution in [3.63, 3.8) is 0 Å². The molecule has 0 amide bonds. The summed E-state index contributed by atoms with van der Waals surface area (Å²) < 4.78 is 38.0. The lowest BCUT2D eigenvalue weighted by Gasteiger charge is -2.29. The molecule has 0 fully saturated rings. The number of benzene rings is 1. The Hall–Kier alpha value is -1.78. The Morgan fingerprint density at radius 1 is 1.30 bits per heavy atom. The van der Waals surface area contributed by atoms with Gasteiger partial charge >= 0.3 is 6.18 Å². The average Bonchev–Trinajstić information content (AvgIpc) is 2.40. The highest BCUT2D eigenvalue weighted by Gasteiger charge is 2.43. The summed E-state index contributed by atoms with van der Waals surface area (Å²) in [6.45, 7) is 0.659. The number of carbonyl (C=O) groups is 1. The van der Waals surface area contributed by atoms with Gasteiger partial charge in [-0.25, -0.2) is 0 Å². The van der Waals surface area contributed by atoms with Crippen molar-refractivity contribution in [3.8, 4) is 0 Å². The second-order valence-corrected chi connectivity index (χ2v) is 5.07. The first-order valence-electron chi connectivity index (χ1n) is 6.45. The zero-order valence-electron chi connectivity index (χ0n) is 11.2. The van der Waals surface area contributed by atoms with Gasteiger partial charge in [0.2, 0.25) is 0 Å². The minimum atomic E-state index is -4.81. The van der Waals surface area contributed by atoms with Crippen LogP contribution in [0.15, 0.2) is 42.1 Å². The van der Waals surface area contributed by atoms with Crippen LogP contribution in [0.25, 0.3) is 0 Å². The molecular weight excluding hydrogens is 267 g/mol. The fraction of sp³-hybridized carbons (Fsp3) is 0.400. The highest BCUT2D eigenvalue weighted by Crippen LogP contribution is 2.31. The molecule has 0 saturated heterocycles. The number of hydrogen-bond acceptors (Lipinski definition) is 2. The molecule has 1 aromatic carbocycles. The van der Waals surface area contributed by atoms with E-state index in [1.165, 1.54) is 6.20 Å². The SMILES string of the molecule is CN1C=C(C(=O)C(F)(F)F)C(Cc2ccccc2)CC1. The summed E-state index contributed by atoms with van der Waals surface area (Å²) in [5.74, 6) is -2.09. The number of Topliss-reactive ketones (excluding diaryl/α,β-unsaturated/α-hetero) is 1. The van der Waals surface area contributed by atoms with Crippen LogP contribution in [-0.2, 0) is 11.2 Å². The summed E-state index contributed by atoms with van der Waals surface area (Å²) in [6, 6.07) is 9.29. The van der Waals surface area contributed by atoms with E-state index in [1.54, 1.807) is 11.9 Å². The van der Waals surface area contributed by atoms with E-state index in [2.05, 4.69) is 0 Å². The minimum Gasteiger partial charge on any atom is -0.380 e. The number of alkyl halides is 3. The van der Waals surface area contributed by atoms with E-state index in [0.717, 1.165) is 5.56 Å². The van der Waals surface area contributed by atoms with E-state index < -0.39 is 12.0 Å². The zero-order valence-corrected chi connectivity index (χ0v) is 11.2. The van der Waals surface area contributed by atoms with Crippen LogP contribution >= 0.6 is 0 Å². The molecule has 1 aliphatic heterocycles. The molecule has 1 aliphatic rings. The van der Waals surface area contributed by atoms with Gasteiger partial charge in [0.1, 0.15) is 0 Å². The maximum absolute atomic E-state index is 12.7. The monoisotopic (exact) mass is 283 g/mol. The van der Waals surface area contributed by atoms with Gasteiger partial charge in [0.25, 0.3) is 5.78 Å². The number of rotatable bonds is 3. The third-order valence-corrected chi connectivity index (χ3v) is 3.47. The first kappa shape index (κ1) is 14.6. The molecule has 1 heterocycles. The van der Waals surface area contributed by atoms with Gasteiger partial charge in [-0.3, -0.25) is 4.79 Å². The van der Waals surface area contributed by atoms with Crippen LogP contribution in [0.2, 0.25) is 0 Å². The number of allylic oxidation sites excluding steroid dienone is 1. The van der Waals surface area contributed by atoms with Crippen LogP contribution < -0.4 is 0 Å². The van der Waals surface area contributed by atoms with E-state index in [9.17, 15) is 18.0 Å². The molecule has 0 saturated carbocycles. The molecule has 20 heavy (non-hydrogen) atoms. The normalized spacial score (nSPS) is 19.7. The molecule has 1 atom stereocenters. The van der Waals surface area contributed by atoms with Gasteiger partial charge in [-0.2, -0.15) is 13.2 Å². The smallest absolute Gasteiger partial charge is 0.380 e.